The number of nitrogens with zero attached hydrogens (tertiary/aromatic N) is 2. The van der Waals surface area contributed by atoms with Gasteiger partial charge in [-0.1, -0.05) is 0 Å². The maximum atomic E-state index is 5.61. The van der Waals surface area contributed by atoms with E-state index >= 15 is 0 Å². The number of methoxy groups -OCH3 is 4. The van der Waals surface area contributed by atoms with E-state index in [4.69, 9.17) is 18.9 Å². The van der Waals surface area contributed by atoms with Gasteiger partial charge in [-0.25, -0.2) is 0 Å². The van der Waals surface area contributed by atoms with Crippen molar-refractivity contribution in [1.82, 2.24) is 9.80 Å². The molecule has 6 heteroatoms. The summed E-state index contributed by atoms with van der Waals surface area (Å²) in [6, 6.07) is 9.50. The van der Waals surface area contributed by atoms with Crippen molar-refractivity contribution >= 4 is 0 Å². The molecule has 2 aliphatic rings. The van der Waals surface area contributed by atoms with Gasteiger partial charge in [0.2, 0.25) is 0 Å². The average molecular weight is 455 g/mol. The van der Waals surface area contributed by atoms with Gasteiger partial charge in [-0.3, -0.25) is 9.80 Å². The van der Waals surface area contributed by atoms with Gasteiger partial charge in [0.1, 0.15) is 0 Å². The summed E-state index contributed by atoms with van der Waals surface area (Å²) in [6.07, 6.45) is 5.47. The second-order valence-electron chi connectivity index (χ2n) is 9.24. The normalized spacial score (nSPS) is 20.7. The molecular weight excluding hydrogens is 416 g/mol. The SMILES string of the molecule is COc1cc2c(cc1OC)[C@@H](CCC[C@@H]1c3cc(OC)c(OC)cc3CCN1C)N(C)CC2. The molecule has 0 N–H and O–H groups in total. The van der Waals surface area contributed by atoms with Gasteiger partial charge in [-0.05, 0) is 92.7 Å². The van der Waals surface area contributed by atoms with Crippen LogP contribution in [0.25, 0.3) is 0 Å². The molecule has 4 rings (SSSR count). The Morgan fingerprint density at radius 2 is 1.00 bits per heavy atom. The molecular formula is C27H38N2O4. The first-order chi connectivity index (χ1) is 16.0. The maximum Gasteiger partial charge on any atom is 0.161 e. The first-order valence-electron chi connectivity index (χ1n) is 11.9. The maximum absolute atomic E-state index is 5.61. The van der Waals surface area contributed by atoms with E-state index in [2.05, 4.69) is 48.2 Å². The quantitative estimate of drug-likeness (QED) is 0.579. The van der Waals surface area contributed by atoms with Crippen molar-refractivity contribution in [3.05, 3.63) is 46.5 Å². The molecule has 0 unspecified atom stereocenters. The highest BCUT2D eigenvalue weighted by Gasteiger charge is 2.29. The molecule has 2 aromatic rings. The molecule has 0 bridgehead atoms. The third kappa shape index (κ3) is 4.64. The van der Waals surface area contributed by atoms with Gasteiger partial charge in [-0.15, -0.1) is 0 Å². The van der Waals surface area contributed by atoms with Crippen LogP contribution in [0.5, 0.6) is 23.0 Å². The summed E-state index contributed by atoms with van der Waals surface area (Å²) in [4.78, 5) is 4.97. The van der Waals surface area contributed by atoms with Gasteiger partial charge in [0, 0.05) is 25.2 Å². The fourth-order valence-electron chi connectivity index (χ4n) is 5.56. The van der Waals surface area contributed by atoms with Crippen molar-refractivity contribution in [3.63, 3.8) is 0 Å². The van der Waals surface area contributed by atoms with Crippen molar-refractivity contribution in [2.75, 3.05) is 55.6 Å². The first-order valence-corrected chi connectivity index (χ1v) is 11.9. The Kier molecular flexibility index (Phi) is 7.35. The minimum atomic E-state index is 0.396. The number of hydrogen-bond acceptors (Lipinski definition) is 6. The number of ether oxygens (including phenoxy) is 4. The highest BCUT2D eigenvalue weighted by Crippen LogP contribution is 2.42. The lowest BCUT2D eigenvalue weighted by atomic mass is 9.86. The van der Waals surface area contributed by atoms with Crippen LogP contribution in [0.4, 0.5) is 0 Å². The minimum absolute atomic E-state index is 0.396. The van der Waals surface area contributed by atoms with E-state index in [1.807, 2.05) is 0 Å². The Balaban J connectivity index is 1.52. The van der Waals surface area contributed by atoms with E-state index in [0.717, 1.165) is 68.2 Å². The number of fused-ring (bicyclic) bond motifs is 2. The Hall–Kier alpha value is -2.44. The van der Waals surface area contributed by atoms with E-state index in [-0.39, 0.29) is 0 Å². The van der Waals surface area contributed by atoms with E-state index in [1.165, 1.54) is 22.3 Å². The Morgan fingerprint density at radius 3 is 1.36 bits per heavy atom. The van der Waals surface area contributed by atoms with Crippen LogP contribution in [0.3, 0.4) is 0 Å². The van der Waals surface area contributed by atoms with E-state index in [1.54, 1.807) is 28.4 Å². The van der Waals surface area contributed by atoms with Crippen molar-refractivity contribution in [2.45, 2.75) is 44.2 Å². The summed E-state index contributed by atoms with van der Waals surface area (Å²) < 4.78 is 22.3. The molecule has 2 heterocycles. The third-order valence-corrected chi connectivity index (χ3v) is 7.50. The summed E-state index contributed by atoms with van der Waals surface area (Å²) in [7, 11) is 11.3. The molecule has 0 saturated carbocycles. The number of likely N-dealkylation sites (N-methyl/N-ethyl adjacent to an activating group) is 2. The van der Waals surface area contributed by atoms with E-state index < -0.39 is 0 Å². The fourth-order valence-corrected chi connectivity index (χ4v) is 5.56. The summed E-state index contributed by atoms with van der Waals surface area (Å²) in [5, 5.41) is 0. The Labute approximate surface area is 198 Å². The summed E-state index contributed by atoms with van der Waals surface area (Å²) in [6.45, 7) is 2.13. The zero-order chi connectivity index (χ0) is 23.5. The van der Waals surface area contributed by atoms with Crippen molar-refractivity contribution in [2.24, 2.45) is 0 Å². The molecule has 2 aliphatic heterocycles. The molecule has 0 radical (unpaired) electrons. The van der Waals surface area contributed by atoms with Crippen LogP contribution in [0.1, 0.15) is 53.6 Å². The highest BCUT2D eigenvalue weighted by molar-refractivity contribution is 5.50. The average Bonchev–Trinajstić information content (AvgIpc) is 2.84. The molecule has 0 aromatic heterocycles. The van der Waals surface area contributed by atoms with Gasteiger partial charge in [0.15, 0.2) is 23.0 Å². The smallest absolute Gasteiger partial charge is 0.161 e. The molecule has 180 valence electrons. The predicted molar refractivity (Wildman–Crippen MR) is 131 cm³/mol. The number of benzene rings is 2. The lowest BCUT2D eigenvalue weighted by Crippen LogP contribution is -2.34. The van der Waals surface area contributed by atoms with Crippen LogP contribution >= 0.6 is 0 Å². The minimum Gasteiger partial charge on any atom is -0.493 e. The summed E-state index contributed by atoms with van der Waals surface area (Å²) in [5.74, 6) is 3.28. The fraction of sp³-hybridized carbons (Fsp3) is 0.556. The standard InChI is InChI=1S/C27H38N2O4/c1-28-12-10-18-14-24(30-3)26(32-5)16-20(18)22(28)8-7-9-23-21-17-27(33-6)25(31-4)15-19(21)11-13-29(23)2/h14-17,22-23H,7-13H2,1-6H3/t22-,23-/m1/s1. The molecule has 0 saturated heterocycles. The summed E-state index contributed by atoms with van der Waals surface area (Å²) in [5.41, 5.74) is 5.52. The van der Waals surface area contributed by atoms with Crippen LogP contribution in [-0.2, 0) is 12.8 Å². The van der Waals surface area contributed by atoms with Crippen molar-refractivity contribution in [3.8, 4) is 23.0 Å². The van der Waals surface area contributed by atoms with Gasteiger partial charge < -0.3 is 18.9 Å². The molecule has 0 spiro atoms. The lowest BCUT2D eigenvalue weighted by molar-refractivity contribution is 0.188. The number of hydrogen-bond donors (Lipinski definition) is 0. The molecule has 6 nitrogen and oxygen atoms in total. The van der Waals surface area contributed by atoms with Crippen LogP contribution in [0.15, 0.2) is 24.3 Å². The van der Waals surface area contributed by atoms with Gasteiger partial charge >= 0.3 is 0 Å². The topological polar surface area (TPSA) is 43.4 Å². The van der Waals surface area contributed by atoms with Gasteiger partial charge in [0.05, 0.1) is 28.4 Å². The highest BCUT2D eigenvalue weighted by atomic mass is 16.5. The van der Waals surface area contributed by atoms with Crippen molar-refractivity contribution in [1.29, 1.82) is 0 Å². The van der Waals surface area contributed by atoms with Crippen LogP contribution in [-0.4, -0.2) is 65.4 Å². The largest absolute Gasteiger partial charge is 0.493 e. The first kappa shape index (κ1) is 23.7. The number of rotatable bonds is 8. The molecule has 0 fully saturated rings. The second kappa shape index (κ2) is 10.2. The van der Waals surface area contributed by atoms with Gasteiger partial charge in [0.25, 0.3) is 0 Å². The zero-order valence-electron chi connectivity index (χ0n) is 20.9. The third-order valence-electron chi connectivity index (χ3n) is 7.50. The molecule has 33 heavy (non-hydrogen) atoms. The van der Waals surface area contributed by atoms with Crippen LogP contribution < -0.4 is 18.9 Å². The molecule has 2 aromatic carbocycles. The molecule has 0 amide bonds. The second-order valence-corrected chi connectivity index (χ2v) is 9.24. The zero-order valence-corrected chi connectivity index (χ0v) is 20.9. The van der Waals surface area contributed by atoms with Crippen LogP contribution in [0.2, 0.25) is 0 Å². The van der Waals surface area contributed by atoms with Gasteiger partial charge in [-0.2, -0.15) is 0 Å². The van der Waals surface area contributed by atoms with Crippen LogP contribution in [0, 0.1) is 0 Å². The lowest BCUT2D eigenvalue weighted by Gasteiger charge is -2.37. The van der Waals surface area contributed by atoms with E-state index in [9.17, 15) is 0 Å². The molecule has 0 aliphatic carbocycles. The molecule has 2 atom stereocenters. The monoisotopic (exact) mass is 454 g/mol. The Bertz CT molecular complexity index is 900. The van der Waals surface area contributed by atoms with Crippen molar-refractivity contribution < 1.29 is 18.9 Å². The van der Waals surface area contributed by atoms with E-state index in [0.29, 0.717) is 12.1 Å². The summed E-state index contributed by atoms with van der Waals surface area (Å²) >= 11 is 0. The Morgan fingerprint density at radius 1 is 0.636 bits per heavy atom. The predicted octanol–water partition coefficient (Wildman–Crippen LogP) is 4.65.